The molecule has 1 heterocycles. The summed E-state index contributed by atoms with van der Waals surface area (Å²) < 4.78 is 0. The topological polar surface area (TPSA) is 75.3 Å². The fourth-order valence-corrected chi connectivity index (χ4v) is 4.64. The first-order valence-corrected chi connectivity index (χ1v) is 10.8. The maximum absolute atomic E-state index is 13.0. The highest BCUT2D eigenvalue weighted by molar-refractivity contribution is 6.30. The van der Waals surface area contributed by atoms with Gasteiger partial charge >= 0.3 is 0 Å². The number of hydrogen-bond donors (Lipinski definition) is 2. The predicted molar refractivity (Wildman–Crippen MR) is 116 cm³/mol. The quantitative estimate of drug-likeness (QED) is 0.706. The van der Waals surface area contributed by atoms with Crippen LogP contribution in [-0.4, -0.2) is 17.6 Å². The molecule has 1 saturated heterocycles. The predicted octanol–water partition coefficient (Wildman–Crippen LogP) is 4.56. The van der Waals surface area contributed by atoms with Gasteiger partial charge in [0.15, 0.2) is 11.7 Å². The zero-order valence-corrected chi connectivity index (χ0v) is 17.7. The minimum absolute atomic E-state index is 0.467. The lowest BCUT2D eigenvalue weighted by molar-refractivity contribution is -0.135. The van der Waals surface area contributed by atoms with Crippen LogP contribution in [0.2, 0.25) is 5.02 Å². The number of anilines is 1. The van der Waals surface area contributed by atoms with Crippen LogP contribution in [0.5, 0.6) is 0 Å². The van der Waals surface area contributed by atoms with Crippen molar-refractivity contribution in [2.24, 2.45) is 5.92 Å². The fourth-order valence-electron chi connectivity index (χ4n) is 4.51. The molecular formula is C24H25ClN2O3. The molecule has 0 aromatic heterocycles. The van der Waals surface area contributed by atoms with Crippen molar-refractivity contribution in [1.29, 1.82) is 0 Å². The number of nitrogens with one attached hydrogen (secondary N) is 2. The van der Waals surface area contributed by atoms with E-state index in [1.165, 1.54) is 37.7 Å². The van der Waals surface area contributed by atoms with E-state index >= 15 is 0 Å². The molecule has 0 spiro atoms. The number of carbonyl (C=O) groups is 3. The van der Waals surface area contributed by atoms with Gasteiger partial charge in [-0.25, -0.2) is 0 Å². The van der Waals surface area contributed by atoms with Crippen LogP contribution in [-0.2, 0) is 19.9 Å². The van der Waals surface area contributed by atoms with Crippen molar-refractivity contribution in [3.05, 3.63) is 64.7 Å². The van der Waals surface area contributed by atoms with E-state index < -0.39 is 29.1 Å². The zero-order valence-electron chi connectivity index (χ0n) is 16.9. The fraction of sp³-hybridized carbons (Fsp3) is 0.375. The average molecular weight is 425 g/mol. The van der Waals surface area contributed by atoms with Crippen LogP contribution in [0.15, 0.2) is 48.5 Å². The Morgan fingerprint density at radius 1 is 1.00 bits per heavy atom. The molecule has 0 bridgehead atoms. The zero-order chi connectivity index (χ0) is 21.3. The van der Waals surface area contributed by atoms with Crippen LogP contribution < -0.4 is 10.6 Å². The van der Waals surface area contributed by atoms with E-state index in [1.54, 1.807) is 31.2 Å². The second kappa shape index (κ2) is 8.23. The van der Waals surface area contributed by atoms with Crippen LogP contribution in [0, 0.1) is 5.92 Å². The molecule has 2 atom stereocenters. The van der Waals surface area contributed by atoms with Crippen molar-refractivity contribution in [2.75, 3.05) is 5.32 Å². The van der Waals surface area contributed by atoms with Crippen LogP contribution in [0.25, 0.3) is 0 Å². The Balaban J connectivity index is 1.47. The molecule has 30 heavy (non-hydrogen) atoms. The average Bonchev–Trinajstić information content (AvgIpc) is 2.98. The maximum Gasteiger partial charge on any atom is 0.244 e. The standard InChI is InChI=1S/C24H25ClN2O3/c1-24(17-9-11-18(25)12-10-17)21(28)20(23(30)27-24)22(29)26-19-13-7-16(8-14-19)15-5-3-2-4-6-15/h7-15,20H,2-6H2,1H3,(H,26,29)(H,27,30). The van der Waals surface area contributed by atoms with Crippen LogP contribution >= 0.6 is 11.6 Å². The van der Waals surface area contributed by atoms with Gasteiger partial charge in [-0.15, -0.1) is 0 Å². The number of rotatable bonds is 4. The number of Topliss-reactive ketones (excluding diaryl/α,β-unsaturated/α-hetero) is 1. The summed E-state index contributed by atoms with van der Waals surface area (Å²) in [5.74, 6) is -2.48. The molecule has 156 valence electrons. The lowest BCUT2D eigenvalue weighted by Gasteiger charge is -2.23. The number of halogens is 1. The summed E-state index contributed by atoms with van der Waals surface area (Å²) in [6, 6.07) is 14.4. The van der Waals surface area contributed by atoms with E-state index in [0.29, 0.717) is 22.2 Å². The smallest absolute Gasteiger partial charge is 0.244 e. The highest BCUT2D eigenvalue weighted by atomic mass is 35.5. The Morgan fingerprint density at radius 2 is 1.63 bits per heavy atom. The van der Waals surface area contributed by atoms with Gasteiger partial charge in [-0.1, -0.05) is 55.1 Å². The number of ketones is 1. The Labute approximate surface area is 181 Å². The van der Waals surface area contributed by atoms with Crippen LogP contribution in [0.4, 0.5) is 5.69 Å². The van der Waals surface area contributed by atoms with E-state index in [2.05, 4.69) is 10.6 Å². The second-order valence-electron chi connectivity index (χ2n) is 8.36. The summed E-state index contributed by atoms with van der Waals surface area (Å²) in [4.78, 5) is 38.3. The largest absolute Gasteiger partial charge is 0.339 e. The Kier molecular flexibility index (Phi) is 5.65. The molecular weight excluding hydrogens is 400 g/mol. The third-order valence-corrected chi connectivity index (χ3v) is 6.58. The van der Waals surface area contributed by atoms with E-state index in [9.17, 15) is 14.4 Å². The lowest BCUT2D eigenvalue weighted by Crippen LogP contribution is -2.40. The highest BCUT2D eigenvalue weighted by Gasteiger charge is 2.53. The third-order valence-electron chi connectivity index (χ3n) is 6.33. The minimum atomic E-state index is -1.39. The van der Waals surface area contributed by atoms with Gasteiger partial charge in [0.05, 0.1) is 0 Å². The number of amides is 2. The summed E-state index contributed by atoms with van der Waals surface area (Å²) in [5.41, 5.74) is 1.20. The van der Waals surface area contributed by atoms with Gasteiger partial charge in [0, 0.05) is 10.7 Å². The van der Waals surface area contributed by atoms with Gasteiger partial charge in [0.2, 0.25) is 11.8 Å². The first kappa shape index (κ1) is 20.6. The molecule has 2 N–H and O–H groups in total. The first-order valence-electron chi connectivity index (χ1n) is 10.4. The van der Waals surface area contributed by atoms with Crippen molar-refractivity contribution in [3.63, 3.8) is 0 Å². The van der Waals surface area contributed by atoms with Crippen molar-refractivity contribution in [2.45, 2.75) is 50.5 Å². The van der Waals surface area contributed by atoms with Crippen molar-refractivity contribution in [1.82, 2.24) is 5.32 Å². The summed E-state index contributed by atoms with van der Waals surface area (Å²) >= 11 is 5.92. The maximum atomic E-state index is 13.0. The van der Waals surface area contributed by atoms with Gasteiger partial charge in [0.25, 0.3) is 0 Å². The molecule has 2 aromatic carbocycles. The second-order valence-corrected chi connectivity index (χ2v) is 8.80. The molecule has 4 rings (SSSR count). The molecule has 2 amide bonds. The van der Waals surface area contributed by atoms with Crippen molar-refractivity contribution < 1.29 is 14.4 Å². The molecule has 2 fully saturated rings. The lowest BCUT2D eigenvalue weighted by atomic mass is 9.84. The molecule has 6 heteroatoms. The van der Waals surface area contributed by atoms with E-state index in [0.717, 1.165) is 0 Å². The molecule has 5 nitrogen and oxygen atoms in total. The molecule has 1 aliphatic carbocycles. The van der Waals surface area contributed by atoms with Crippen LogP contribution in [0.3, 0.4) is 0 Å². The summed E-state index contributed by atoms with van der Waals surface area (Å²) in [6.07, 6.45) is 6.22. The molecule has 1 aliphatic heterocycles. The van der Waals surface area contributed by atoms with Gasteiger partial charge < -0.3 is 10.6 Å². The molecule has 0 radical (unpaired) electrons. The molecule has 2 aromatic rings. The Hall–Kier alpha value is -2.66. The summed E-state index contributed by atoms with van der Waals surface area (Å²) in [7, 11) is 0. The Morgan fingerprint density at radius 3 is 2.27 bits per heavy atom. The SMILES string of the molecule is CC1(c2ccc(Cl)cc2)NC(=O)C(C(=O)Nc2ccc(C3CCCCC3)cc2)C1=O. The number of carbonyl (C=O) groups excluding carboxylic acids is 3. The van der Waals surface area contributed by atoms with Crippen molar-refractivity contribution >= 4 is 34.9 Å². The monoisotopic (exact) mass is 424 g/mol. The van der Waals surface area contributed by atoms with Gasteiger partial charge in [-0.05, 0) is 61.1 Å². The normalized spacial score (nSPS) is 24.5. The number of benzene rings is 2. The number of hydrogen-bond acceptors (Lipinski definition) is 3. The summed E-state index contributed by atoms with van der Waals surface area (Å²) in [5, 5.41) is 5.96. The minimum Gasteiger partial charge on any atom is -0.339 e. The van der Waals surface area contributed by atoms with Gasteiger partial charge in [-0.2, -0.15) is 0 Å². The van der Waals surface area contributed by atoms with Gasteiger partial charge in [0.1, 0.15) is 5.54 Å². The van der Waals surface area contributed by atoms with E-state index in [1.807, 2.05) is 24.3 Å². The van der Waals surface area contributed by atoms with Gasteiger partial charge in [-0.3, -0.25) is 14.4 Å². The summed E-state index contributed by atoms with van der Waals surface area (Å²) in [6.45, 7) is 1.61. The van der Waals surface area contributed by atoms with Crippen molar-refractivity contribution in [3.8, 4) is 0 Å². The molecule has 2 unspecified atom stereocenters. The highest BCUT2D eigenvalue weighted by Crippen LogP contribution is 2.34. The molecule has 1 saturated carbocycles. The Bertz CT molecular complexity index is 965. The molecule has 2 aliphatic rings. The van der Waals surface area contributed by atoms with E-state index in [-0.39, 0.29) is 0 Å². The van der Waals surface area contributed by atoms with Crippen LogP contribution in [0.1, 0.15) is 56.1 Å². The third kappa shape index (κ3) is 3.86. The van der Waals surface area contributed by atoms with E-state index in [4.69, 9.17) is 11.6 Å². The first-order chi connectivity index (χ1) is 14.4.